The van der Waals surface area contributed by atoms with Crippen molar-refractivity contribution >= 4 is 26.7 Å². The van der Waals surface area contributed by atoms with E-state index in [9.17, 15) is 13.2 Å². The van der Waals surface area contributed by atoms with E-state index in [0.717, 1.165) is 41.3 Å². The summed E-state index contributed by atoms with van der Waals surface area (Å²) in [7, 11) is -3.45. The molecular formula is C25H28N2O4S. The first kappa shape index (κ1) is 22.3. The maximum absolute atomic E-state index is 12.7. The third kappa shape index (κ3) is 5.29. The Morgan fingerprint density at radius 1 is 0.906 bits per heavy atom. The second-order valence-corrected chi connectivity index (χ2v) is 9.90. The molecule has 0 spiro atoms. The lowest BCUT2D eigenvalue weighted by molar-refractivity contribution is -0.120. The summed E-state index contributed by atoms with van der Waals surface area (Å²) in [6.45, 7) is 1.91. The fraction of sp³-hybridized carbons (Fsp3) is 0.320. The van der Waals surface area contributed by atoms with Gasteiger partial charge in [0.15, 0.2) is 0 Å². The smallest absolute Gasteiger partial charge is 0.243 e. The Morgan fingerprint density at radius 2 is 1.62 bits per heavy atom. The average Bonchev–Trinajstić information content (AvgIpc) is 2.83. The molecule has 0 unspecified atom stereocenters. The standard InChI is InChI=1S/C25H28N2O4S/c28-25(26-15-18-31-24-10-6-8-21-7-2-3-9-23(21)24)19-20-11-13-22(14-12-20)32(29,30)27-16-4-1-5-17-27/h2-3,6-14H,1,4-5,15-19H2,(H,26,28). The molecule has 1 amide bonds. The van der Waals surface area contributed by atoms with Gasteiger partial charge in [0.25, 0.3) is 0 Å². The van der Waals surface area contributed by atoms with Gasteiger partial charge < -0.3 is 10.1 Å². The van der Waals surface area contributed by atoms with E-state index >= 15 is 0 Å². The van der Waals surface area contributed by atoms with Crippen LogP contribution in [0.4, 0.5) is 0 Å². The van der Waals surface area contributed by atoms with Crippen molar-refractivity contribution in [3.63, 3.8) is 0 Å². The summed E-state index contributed by atoms with van der Waals surface area (Å²) in [6.07, 6.45) is 3.08. The number of amides is 1. The lowest BCUT2D eigenvalue weighted by Gasteiger charge is -2.25. The summed E-state index contributed by atoms with van der Waals surface area (Å²) in [6, 6.07) is 20.5. The number of ether oxygens (including phenoxy) is 1. The van der Waals surface area contributed by atoms with Crippen molar-refractivity contribution in [1.82, 2.24) is 9.62 Å². The topological polar surface area (TPSA) is 75.7 Å². The van der Waals surface area contributed by atoms with Gasteiger partial charge in [-0.05, 0) is 42.0 Å². The molecule has 3 aromatic carbocycles. The quantitative estimate of drug-likeness (QED) is 0.528. The fourth-order valence-corrected chi connectivity index (χ4v) is 5.47. The van der Waals surface area contributed by atoms with E-state index in [-0.39, 0.29) is 17.2 Å². The molecule has 0 radical (unpaired) electrons. The van der Waals surface area contributed by atoms with Crippen LogP contribution in [0.15, 0.2) is 71.6 Å². The molecule has 1 saturated heterocycles. The molecule has 32 heavy (non-hydrogen) atoms. The van der Waals surface area contributed by atoms with Crippen molar-refractivity contribution in [2.75, 3.05) is 26.2 Å². The predicted octanol–water partition coefficient (Wildman–Crippen LogP) is 3.75. The Kier molecular flexibility index (Phi) is 7.07. The lowest BCUT2D eigenvalue weighted by Crippen LogP contribution is -2.35. The van der Waals surface area contributed by atoms with E-state index in [4.69, 9.17) is 4.74 Å². The molecular weight excluding hydrogens is 424 g/mol. The first-order chi connectivity index (χ1) is 15.5. The first-order valence-corrected chi connectivity index (χ1v) is 12.4. The number of carbonyl (C=O) groups is 1. The second-order valence-electron chi connectivity index (χ2n) is 7.96. The van der Waals surface area contributed by atoms with Gasteiger partial charge >= 0.3 is 0 Å². The van der Waals surface area contributed by atoms with Gasteiger partial charge in [0.2, 0.25) is 15.9 Å². The van der Waals surface area contributed by atoms with Gasteiger partial charge in [0.05, 0.1) is 17.9 Å². The molecule has 1 fully saturated rings. The number of sulfonamides is 1. The summed E-state index contributed by atoms with van der Waals surface area (Å²) < 4.78 is 32.8. The zero-order valence-electron chi connectivity index (χ0n) is 18.0. The van der Waals surface area contributed by atoms with Crippen LogP contribution in [0.25, 0.3) is 10.8 Å². The highest BCUT2D eigenvalue weighted by molar-refractivity contribution is 7.89. The Labute approximate surface area is 189 Å². The number of carbonyl (C=O) groups excluding carboxylic acids is 1. The molecule has 0 bridgehead atoms. The maximum Gasteiger partial charge on any atom is 0.243 e. The minimum absolute atomic E-state index is 0.127. The number of piperidine rings is 1. The third-order valence-corrected chi connectivity index (χ3v) is 7.59. The first-order valence-electron chi connectivity index (χ1n) is 11.0. The van der Waals surface area contributed by atoms with Gasteiger partial charge in [-0.3, -0.25) is 4.79 Å². The molecule has 0 atom stereocenters. The van der Waals surface area contributed by atoms with Gasteiger partial charge in [-0.1, -0.05) is 55.0 Å². The van der Waals surface area contributed by atoms with E-state index in [1.54, 1.807) is 28.6 Å². The van der Waals surface area contributed by atoms with Gasteiger partial charge in [-0.2, -0.15) is 4.31 Å². The highest BCUT2D eigenvalue weighted by Gasteiger charge is 2.25. The molecule has 3 aromatic rings. The van der Waals surface area contributed by atoms with Crippen molar-refractivity contribution in [2.24, 2.45) is 0 Å². The van der Waals surface area contributed by atoms with Crippen LogP contribution in [-0.2, 0) is 21.2 Å². The molecule has 7 heteroatoms. The van der Waals surface area contributed by atoms with Gasteiger partial charge in [0, 0.05) is 18.5 Å². The van der Waals surface area contributed by atoms with E-state index in [0.29, 0.717) is 26.2 Å². The number of hydrogen-bond acceptors (Lipinski definition) is 4. The number of hydrogen-bond donors (Lipinski definition) is 1. The zero-order chi connectivity index (χ0) is 22.4. The van der Waals surface area contributed by atoms with Gasteiger partial charge in [-0.25, -0.2) is 8.42 Å². The molecule has 1 aliphatic rings. The summed E-state index contributed by atoms with van der Waals surface area (Å²) in [5, 5.41) is 5.01. The Bertz CT molecular complexity index is 1160. The highest BCUT2D eigenvalue weighted by Crippen LogP contribution is 2.25. The minimum atomic E-state index is -3.45. The van der Waals surface area contributed by atoms with Crippen LogP contribution in [0, 0.1) is 0 Å². The number of nitrogens with one attached hydrogen (secondary N) is 1. The number of benzene rings is 3. The Balaban J connectivity index is 1.26. The maximum atomic E-state index is 12.7. The number of rotatable bonds is 8. The van der Waals surface area contributed by atoms with Crippen molar-refractivity contribution in [1.29, 1.82) is 0 Å². The van der Waals surface area contributed by atoms with Crippen LogP contribution < -0.4 is 10.1 Å². The van der Waals surface area contributed by atoms with Crippen LogP contribution in [0.3, 0.4) is 0 Å². The van der Waals surface area contributed by atoms with Crippen LogP contribution >= 0.6 is 0 Å². The zero-order valence-corrected chi connectivity index (χ0v) is 18.8. The largest absolute Gasteiger partial charge is 0.491 e. The molecule has 4 rings (SSSR count). The molecule has 0 saturated carbocycles. The minimum Gasteiger partial charge on any atom is -0.491 e. The fourth-order valence-electron chi connectivity index (χ4n) is 3.95. The predicted molar refractivity (Wildman–Crippen MR) is 125 cm³/mol. The number of fused-ring (bicyclic) bond motifs is 1. The normalized spacial score (nSPS) is 14.9. The average molecular weight is 453 g/mol. The van der Waals surface area contributed by atoms with Crippen LogP contribution in [-0.4, -0.2) is 44.9 Å². The van der Waals surface area contributed by atoms with Gasteiger partial charge in [-0.15, -0.1) is 0 Å². The SMILES string of the molecule is O=C(Cc1ccc(S(=O)(=O)N2CCCCC2)cc1)NCCOc1cccc2ccccc12. The van der Waals surface area contributed by atoms with E-state index in [1.165, 1.54) is 0 Å². The third-order valence-electron chi connectivity index (χ3n) is 5.67. The molecule has 1 heterocycles. The second kappa shape index (κ2) is 10.1. The summed E-state index contributed by atoms with van der Waals surface area (Å²) in [4.78, 5) is 12.6. The monoisotopic (exact) mass is 452 g/mol. The van der Waals surface area contributed by atoms with Crippen LogP contribution in [0.2, 0.25) is 0 Å². The van der Waals surface area contributed by atoms with Crippen molar-refractivity contribution in [2.45, 2.75) is 30.6 Å². The molecule has 1 aliphatic heterocycles. The van der Waals surface area contributed by atoms with Crippen molar-refractivity contribution in [3.8, 4) is 5.75 Å². The van der Waals surface area contributed by atoms with Crippen LogP contribution in [0.1, 0.15) is 24.8 Å². The summed E-state index contributed by atoms with van der Waals surface area (Å²) in [5.41, 5.74) is 0.773. The van der Waals surface area contributed by atoms with Gasteiger partial charge in [0.1, 0.15) is 12.4 Å². The highest BCUT2D eigenvalue weighted by atomic mass is 32.2. The number of nitrogens with zero attached hydrogens (tertiary/aromatic N) is 1. The lowest BCUT2D eigenvalue weighted by atomic mass is 10.1. The summed E-state index contributed by atoms with van der Waals surface area (Å²) in [5.74, 6) is 0.668. The van der Waals surface area contributed by atoms with E-state index < -0.39 is 10.0 Å². The molecule has 0 aromatic heterocycles. The van der Waals surface area contributed by atoms with Crippen molar-refractivity contribution in [3.05, 3.63) is 72.3 Å². The Hall–Kier alpha value is -2.90. The molecule has 6 nitrogen and oxygen atoms in total. The molecule has 168 valence electrons. The van der Waals surface area contributed by atoms with E-state index in [2.05, 4.69) is 5.32 Å². The molecule has 0 aliphatic carbocycles. The Morgan fingerprint density at radius 3 is 2.41 bits per heavy atom. The van der Waals surface area contributed by atoms with Crippen LogP contribution in [0.5, 0.6) is 5.75 Å². The molecule has 1 N–H and O–H groups in total. The van der Waals surface area contributed by atoms with Crippen molar-refractivity contribution < 1.29 is 17.9 Å². The summed E-state index contributed by atoms with van der Waals surface area (Å²) >= 11 is 0. The van der Waals surface area contributed by atoms with E-state index in [1.807, 2.05) is 42.5 Å².